The Morgan fingerprint density at radius 3 is 2.35 bits per heavy atom. The van der Waals surface area contributed by atoms with Crippen LogP contribution in [0, 0.1) is 0 Å². The molecule has 1 atom stereocenters. The molecular formula is C14H22N2O3S. The van der Waals surface area contributed by atoms with Gasteiger partial charge in [0.05, 0.1) is 12.2 Å². The second-order valence-electron chi connectivity index (χ2n) is 4.97. The van der Waals surface area contributed by atoms with Gasteiger partial charge in [0.15, 0.2) is 9.84 Å². The van der Waals surface area contributed by atoms with E-state index >= 15 is 0 Å². The van der Waals surface area contributed by atoms with Crippen molar-refractivity contribution < 1.29 is 13.2 Å². The molecule has 0 spiro atoms. The highest BCUT2D eigenvalue weighted by Gasteiger charge is 2.21. The second kappa shape index (κ2) is 6.74. The first-order chi connectivity index (χ1) is 9.25. The molecule has 1 rings (SSSR count). The van der Waals surface area contributed by atoms with Crippen LogP contribution in [0.3, 0.4) is 0 Å². The lowest BCUT2D eigenvalue weighted by molar-refractivity contribution is -0.130. The molecular weight excluding hydrogens is 276 g/mol. The highest BCUT2D eigenvalue weighted by Crippen LogP contribution is 2.09. The lowest BCUT2D eigenvalue weighted by atomic mass is 10.1. The zero-order chi connectivity index (χ0) is 15.3. The summed E-state index contributed by atoms with van der Waals surface area (Å²) in [5.74, 6) is -0.0151. The van der Waals surface area contributed by atoms with E-state index in [1.54, 1.807) is 45.2 Å². The zero-order valence-electron chi connectivity index (χ0n) is 12.2. The number of nitrogens with two attached hydrogens (primary N) is 1. The van der Waals surface area contributed by atoms with E-state index in [1.807, 2.05) is 0 Å². The van der Waals surface area contributed by atoms with E-state index in [2.05, 4.69) is 0 Å². The minimum atomic E-state index is -3.09. The third-order valence-electron chi connectivity index (χ3n) is 3.32. The number of nitrogen functional groups attached to an aromatic ring is 1. The van der Waals surface area contributed by atoms with E-state index in [4.69, 9.17) is 5.73 Å². The van der Waals surface area contributed by atoms with Crippen molar-refractivity contribution in [1.82, 2.24) is 4.90 Å². The van der Waals surface area contributed by atoms with Gasteiger partial charge in [0.1, 0.15) is 0 Å². The van der Waals surface area contributed by atoms with Crippen LogP contribution in [-0.2, 0) is 21.1 Å². The summed E-state index contributed by atoms with van der Waals surface area (Å²) in [6, 6.07) is 6.76. The van der Waals surface area contributed by atoms with Gasteiger partial charge in [0, 0.05) is 24.5 Å². The van der Waals surface area contributed by atoms with E-state index in [0.29, 0.717) is 5.69 Å². The van der Waals surface area contributed by atoms with Crippen molar-refractivity contribution in [2.45, 2.75) is 26.3 Å². The van der Waals surface area contributed by atoms with Gasteiger partial charge in [-0.2, -0.15) is 0 Å². The lowest BCUT2D eigenvalue weighted by Gasteiger charge is -2.24. The minimum absolute atomic E-state index is 0.00647. The van der Waals surface area contributed by atoms with Crippen molar-refractivity contribution in [3.05, 3.63) is 29.8 Å². The first-order valence-electron chi connectivity index (χ1n) is 6.55. The average molecular weight is 298 g/mol. The Bertz CT molecular complexity index is 552. The third-order valence-corrected chi connectivity index (χ3v) is 5.19. The number of hydrogen-bond acceptors (Lipinski definition) is 4. The fourth-order valence-corrected chi connectivity index (χ4v) is 2.97. The number of sulfone groups is 1. The van der Waals surface area contributed by atoms with Crippen molar-refractivity contribution >= 4 is 21.4 Å². The standard InChI is InChI=1S/C14H22N2O3S/c1-4-20(18,19)10-11(2)16(3)14(17)9-12-5-7-13(15)8-6-12/h5-8,11H,4,9-10,15H2,1-3H3/t11-/m0/s1. The van der Waals surface area contributed by atoms with Crippen LogP contribution in [0.5, 0.6) is 0 Å². The molecule has 1 aromatic carbocycles. The number of carbonyl (C=O) groups is 1. The van der Waals surface area contributed by atoms with Crippen LogP contribution in [0.1, 0.15) is 19.4 Å². The van der Waals surface area contributed by atoms with Crippen molar-refractivity contribution in [3.63, 3.8) is 0 Å². The number of likely N-dealkylation sites (N-methyl/N-ethyl adjacent to an activating group) is 1. The van der Waals surface area contributed by atoms with Crippen LogP contribution < -0.4 is 5.73 Å². The number of amides is 1. The van der Waals surface area contributed by atoms with Gasteiger partial charge in [-0.3, -0.25) is 4.79 Å². The zero-order valence-corrected chi connectivity index (χ0v) is 13.0. The first-order valence-corrected chi connectivity index (χ1v) is 8.38. The van der Waals surface area contributed by atoms with Gasteiger partial charge in [-0.1, -0.05) is 19.1 Å². The van der Waals surface area contributed by atoms with E-state index in [-0.39, 0.29) is 29.9 Å². The highest BCUT2D eigenvalue weighted by atomic mass is 32.2. The Balaban J connectivity index is 2.65. The molecule has 0 saturated carbocycles. The van der Waals surface area contributed by atoms with Gasteiger partial charge in [-0.05, 0) is 24.6 Å². The summed E-state index contributed by atoms with van der Waals surface area (Å²) in [5.41, 5.74) is 7.10. The number of rotatable bonds is 6. The van der Waals surface area contributed by atoms with Crippen molar-refractivity contribution in [2.75, 3.05) is 24.3 Å². The van der Waals surface area contributed by atoms with Crippen LogP contribution in [0.25, 0.3) is 0 Å². The Morgan fingerprint density at radius 1 is 1.30 bits per heavy atom. The van der Waals surface area contributed by atoms with Gasteiger partial charge in [0.2, 0.25) is 5.91 Å². The molecule has 0 aromatic heterocycles. The number of benzene rings is 1. The molecule has 1 amide bonds. The number of nitrogens with zero attached hydrogens (tertiary/aromatic N) is 1. The second-order valence-corrected chi connectivity index (χ2v) is 7.37. The molecule has 6 heteroatoms. The Labute approximate surface area is 120 Å². The van der Waals surface area contributed by atoms with Crippen molar-refractivity contribution in [1.29, 1.82) is 0 Å². The van der Waals surface area contributed by atoms with E-state index < -0.39 is 9.84 Å². The van der Waals surface area contributed by atoms with Crippen LogP contribution in [-0.4, -0.2) is 43.8 Å². The van der Waals surface area contributed by atoms with Gasteiger partial charge >= 0.3 is 0 Å². The number of carbonyl (C=O) groups excluding carboxylic acids is 1. The quantitative estimate of drug-likeness (QED) is 0.797. The van der Waals surface area contributed by atoms with Crippen LogP contribution >= 0.6 is 0 Å². The Kier molecular flexibility index (Phi) is 5.56. The first kappa shape index (κ1) is 16.5. The van der Waals surface area contributed by atoms with Gasteiger partial charge in [0.25, 0.3) is 0 Å². The Morgan fingerprint density at radius 2 is 1.85 bits per heavy atom. The molecule has 0 unspecified atom stereocenters. The van der Waals surface area contributed by atoms with E-state index in [1.165, 1.54) is 4.90 Å². The molecule has 112 valence electrons. The van der Waals surface area contributed by atoms with Crippen LogP contribution in [0.2, 0.25) is 0 Å². The van der Waals surface area contributed by atoms with Crippen molar-refractivity contribution in [2.24, 2.45) is 0 Å². The topological polar surface area (TPSA) is 80.5 Å². The highest BCUT2D eigenvalue weighted by molar-refractivity contribution is 7.91. The maximum Gasteiger partial charge on any atom is 0.227 e. The largest absolute Gasteiger partial charge is 0.399 e. The SMILES string of the molecule is CCS(=O)(=O)C[C@H](C)N(C)C(=O)Cc1ccc(N)cc1. The smallest absolute Gasteiger partial charge is 0.227 e. The normalized spacial score (nSPS) is 12.9. The Hall–Kier alpha value is -1.56. The summed E-state index contributed by atoms with van der Waals surface area (Å²) in [5, 5.41) is 0. The fourth-order valence-electron chi connectivity index (χ4n) is 1.78. The number of hydrogen-bond donors (Lipinski definition) is 1. The molecule has 5 nitrogen and oxygen atoms in total. The summed E-state index contributed by atoms with van der Waals surface area (Å²) >= 11 is 0. The van der Waals surface area contributed by atoms with Gasteiger partial charge < -0.3 is 10.6 Å². The number of anilines is 1. The van der Waals surface area contributed by atoms with Gasteiger partial charge in [-0.25, -0.2) is 8.42 Å². The van der Waals surface area contributed by atoms with E-state index in [9.17, 15) is 13.2 Å². The van der Waals surface area contributed by atoms with Crippen LogP contribution in [0.15, 0.2) is 24.3 Å². The maximum atomic E-state index is 12.1. The van der Waals surface area contributed by atoms with Crippen LogP contribution in [0.4, 0.5) is 5.69 Å². The average Bonchev–Trinajstić information content (AvgIpc) is 2.40. The predicted molar refractivity (Wildman–Crippen MR) is 81.1 cm³/mol. The van der Waals surface area contributed by atoms with Gasteiger partial charge in [-0.15, -0.1) is 0 Å². The molecule has 0 aliphatic rings. The maximum absolute atomic E-state index is 12.1. The molecule has 0 fully saturated rings. The molecule has 20 heavy (non-hydrogen) atoms. The monoisotopic (exact) mass is 298 g/mol. The molecule has 0 bridgehead atoms. The molecule has 2 N–H and O–H groups in total. The molecule has 0 saturated heterocycles. The van der Waals surface area contributed by atoms with Crippen molar-refractivity contribution in [3.8, 4) is 0 Å². The third kappa shape index (κ3) is 4.85. The fraction of sp³-hybridized carbons (Fsp3) is 0.500. The summed E-state index contributed by atoms with van der Waals surface area (Å²) in [7, 11) is -1.45. The summed E-state index contributed by atoms with van der Waals surface area (Å²) < 4.78 is 23.2. The summed E-state index contributed by atoms with van der Waals surface area (Å²) in [4.78, 5) is 13.6. The molecule has 0 aliphatic carbocycles. The molecule has 0 aliphatic heterocycles. The molecule has 0 heterocycles. The molecule has 1 aromatic rings. The summed E-state index contributed by atoms with van der Waals surface area (Å²) in [6.45, 7) is 3.35. The minimum Gasteiger partial charge on any atom is -0.399 e. The summed E-state index contributed by atoms with van der Waals surface area (Å²) in [6.07, 6.45) is 0.243. The lowest BCUT2D eigenvalue weighted by Crippen LogP contribution is -2.40. The predicted octanol–water partition coefficient (Wildman–Crippen LogP) is 1.09. The van der Waals surface area contributed by atoms with E-state index in [0.717, 1.165) is 5.56 Å². The molecule has 0 radical (unpaired) electrons.